The molecule has 56 valence electrons. The fourth-order valence-electron chi connectivity index (χ4n) is 0.566. The summed E-state index contributed by atoms with van der Waals surface area (Å²) in [6.45, 7) is 0. The van der Waals surface area contributed by atoms with Crippen LogP contribution in [0.2, 0.25) is 0 Å². The molecule has 0 radical (unpaired) electrons. The van der Waals surface area contributed by atoms with Gasteiger partial charge in [-0.05, 0) is 5.53 Å². The van der Waals surface area contributed by atoms with Crippen LogP contribution in [0.5, 0.6) is 0 Å². The Morgan fingerprint density at radius 1 is 1.82 bits per heavy atom. The third-order valence-electron chi connectivity index (χ3n) is 1.11. The van der Waals surface area contributed by atoms with Crippen LogP contribution >= 0.6 is 0 Å². The van der Waals surface area contributed by atoms with E-state index in [9.17, 15) is 4.79 Å². The lowest BCUT2D eigenvalue weighted by molar-refractivity contribution is 0.708. The molecule has 1 heterocycles. The third kappa shape index (κ3) is 1.56. The summed E-state index contributed by atoms with van der Waals surface area (Å²) in [5, 5.41) is 6.85. The molecular weight excluding hydrogens is 146 g/mol. The monoisotopic (exact) mass is 151 g/mol. The van der Waals surface area contributed by atoms with Gasteiger partial charge in [-0.25, -0.2) is 4.68 Å². The highest BCUT2D eigenvalue weighted by Gasteiger charge is 1.91. The van der Waals surface area contributed by atoms with Crippen molar-refractivity contribution in [3.05, 3.63) is 33.1 Å². The van der Waals surface area contributed by atoms with Crippen LogP contribution in [0.4, 0.5) is 5.69 Å². The molecule has 1 rings (SSSR count). The van der Waals surface area contributed by atoms with Crippen LogP contribution in [0.25, 0.3) is 10.4 Å². The number of hydrogen-bond donors (Lipinski definition) is 0. The Bertz CT molecular complexity index is 361. The van der Waals surface area contributed by atoms with Gasteiger partial charge < -0.3 is 0 Å². The first-order valence-electron chi connectivity index (χ1n) is 2.82. The lowest BCUT2D eigenvalue weighted by atomic mass is 10.5. The van der Waals surface area contributed by atoms with Gasteiger partial charge in [-0.1, -0.05) is 5.11 Å². The number of azide groups is 1. The van der Waals surface area contributed by atoms with Crippen molar-refractivity contribution in [1.29, 1.82) is 0 Å². The third-order valence-corrected chi connectivity index (χ3v) is 1.11. The van der Waals surface area contributed by atoms with E-state index in [2.05, 4.69) is 15.1 Å². The van der Waals surface area contributed by atoms with E-state index in [4.69, 9.17) is 5.53 Å². The van der Waals surface area contributed by atoms with Gasteiger partial charge in [0, 0.05) is 18.0 Å². The fraction of sp³-hybridized carbons (Fsp3) is 0.200. The first-order chi connectivity index (χ1) is 5.24. The van der Waals surface area contributed by atoms with Crippen LogP contribution in [-0.4, -0.2) is 9.78 Å². The maximum absolute atomic E-state index is 10.8. The maximum atomic E-state index is 10.8. The van der Waals surface area contributed by atoms with E-state index < -0.39 is 0 Å². The first-order valence-corrected chi connectivity index (χ1v) is 2.82. The molecule has 0 saturated carbocycles. The summed E-state index contributed by atoms with van der Waals surface area (Å²) in [7, 11) is 1.52. The van der Waals surface area contributed by atoms with E-state index in [1.807, 2.05) is 0 Å². The van der Waals surface area contributed by atoms with Crippen molar-refractivity contribution in [3.63, 3.8) is 0 Å². The molecule has 0 bridgehead atoms. The van der Waals surface area contributed by atoms with Crippen molar-refractivity contribution in [2.24, 2.45) is 12.2 Å². The highest BCUT2D eigenvalue weighted by molar-refractivity contribution is 5.30. The molecule has 0 aliphatic rings. The van der Waals surface area contributed by atoms with Gasteiger partial charge in [0.05, 0.1) is 11.9 Å². The molecule has 0 atom stereocenters. The number of aryl methyl sites for hydroxylation is 1. The molecule has 1 aromatic rings. The zero-order valence-corrected chi connectivity index (χ0v) is 5.80. The lowest BCUT2D eigenvalue weighted by Gasteiger charge is -1.92. The molecule has 11 heavy (non-hydrogen) atoms. The molecule has 0 aliphatic heterocycles. The Hall–Kier alpha value is -1.81. The second kappa shape index (κ2) is 2.85. The van der Waals surface area contributed by atoms with Crippen molar-refractivity contribution >= 4 is 5.69 Å². The predicted molar refractivity (Wildman–Crippen MR) is 38.3 cm³/mol. The normalized spacial score (nSPS) is 8.82. The van der Waals surface area contributed by atoms with Gasteiger partial charge in [0.15, 0.2) is 0 Å². The summed E-state index contributed by atoms with van der Waals surface area (Å²) in [6, 6.07) is 1.21. The molecule has 0 fully saturated rings. The van der Waals surface area contributed by atoms with E-state index in [-0.39, 0.29) is 11.2 Å². The summed E-state index contributed by atoms with van der Waals surface area (Å²) < 4.78 is 1.15. The van der Waals surface area contributed by atoms with Gasteiger partial charge in [0.25, 0.3) is 5.56 Å². The zero-order valence-electron chi connectivity index (χ0n) is 5.80. The number of hydrogen-bond acceptors (Lipinski definition) is 3. The highest BCUT2D eigenvalue weighted by Crippen LogP contribution is 2.03. The minimum absolute atomic E-state index is 0.232. The van der Waals surface area contributed by atoms with Crippen molar-refractivity contribution < 1.29 is 0 Å². The summed E-state index contributed by atoms with van der Waals surface area (Å²) in [5.74, 6) is 0. The van der Waals surface area contributed by atoms with Crippen LogP contribution in [0.3, 0.4) is 0 Å². The Labute approximate surface area is 61.7 Å². The van der Waals surface area contributed by atoms with E-state index in [0.29, 0.717) is 0 Å². The van der Waals surface area contributed by atoms with Gasteiger partial charge in [0.2, 0.25) is 0 Å². The van der Waals surface area contributed by atoms with Crippen LogP contribution in [0, 0.1) is 0 Å². The minimum Gasteiger partial charge on any atom is -0.268 e. The SMILES string of the molecule is Cn1ncc(N=[N+]=[N-])cc1=O. The Balaban J connectivity index is 3.26. The molecule has 1 aromatic heterocycles. The summed E-state index contributed by atoms with van der Waals surface area (Å²) in [4.78, 5) is 13.3. The van der Waals surface area contributed by atoms with Crippen LogP contribution in [0.1, 0.15) is 0 Å². The maximum Gasteiger partial charge on any atom is 0.266 e. The Kier molecular flexibility index (Phi) is 1.89. The van der Waals surface area contributed by atoms with Gasteiger partial charge in [0.1, 0.15) is 0 Å². The summed E-state index contributed by atoms with van der Waals surface area (Å²) >= 11 is 0. The Morgan fingerprint density at radius 2 is 2.55 bits per heavy atom. The van der Waals surface area contributed by atoms with E-state index in [1.54, 1.807) is 0 Å². The molecule has 0 aromatic carbocycles. The zero-order chi connectivity index (χ0) is 8.27. The Morgan fingerprint density at radius 3 is 3.09 bits per heavy atom. The smallest absolute Gasteiger partial charge is 0.266 e. The minimum atomic E-state index is -0.296. The number of aromatic nitrogens is 2. The summed E-state index contributed by atoms with van der Waals surface area (Å²) in [6.07, 6.45) is 1.32. The molecule has 0 amide bonds. The lowest BCUT2D eigenvalue weighted by Crippen LogP contribution is -2.16. The largest absolute Gasteiger partial charge is 0.268 e. The first kappa shape index (κ1) is 7.30. The van der Waals surface area contributed by atoms with E-state index in [0.717, 1.165) is 4.68 Å². The average molecular weight is 151 g/mol. The van der Waals surface area contributed by atoms with E-state index >= 15 is 0 Å². The quantitative estimate of drug-likeness (QED) is 0.336. The highest BCUT2D eigenvalue weighted by atomic mass is 16.1. The van der Waals surface area contributed by atoms with Crippen molar-refractivity contribution in [1.82, 2.24) is 9.78 Å². The van der Waals surface area contributed by atoms with Gasteiger partial charge in [-0.3, -0.25) is 4.79 Å². The van der Waals surface area contributed by atoms with Crippen molar-refractivity contribution in [2.45, 2.75) is 0 Å². The fourth-order valence-corrected chi connectivity index (χ4v) is 0.566. The van der Waals surface area contributed by atoms with Gasteiger partial charge >= 0.3 is 0 Å². The van der Waals surface area contributed by atoms with Crippen molar-refractivity contribution in [2.75, 3.05) is 0 Å². The molecule has 0 saturated heterocycles. The number of rotatable bonds is 1. The van der Waals surface area contributed by atoms with Crippen LogP contribution < -0.4 is 5.56 Å². The second-order valence-electron chi connectivity index (χ2n) is 1.87. The molecule has 0 aliphatic carbocycles. The standard InChI is InChI=1S/C5H5N5O/c1-10-5(11)2-4(3-7-10)8-9-6/h2-3H,1H3. The summed E-state index contributed by atoms with van der Waals surface area (Å²) in [5.41, 5.74) is 7.94. The molecule has 6 nitrogen and oxygen atoms in total. The van der Waals surface area contributed by atoms with Gasteiger partial charge in [-0.15, -0.1) is 0 Å². The average Bonchev–Trinajstić information content (AvgIpc) is 1.98. The second-order valence-corrected chi connectivity index (χ2v) is 1.87. The molecular formula is C5H5N5O. The topological polar surface area (TPSA) is 83.7 Å². The van der Waals surface area contributed by atoms with Gasteiger partial charge in [-0.2, -0.15) is 5.10 Å². The molecule has 0 unspecified atom stereocenters. The van der Waals surface area contributed by atoms with Crippen LogP contribution in [0.15, 0.2) is 22.2 Å². The molecule has 0 N–H and O–H groups in total. The predicted octanol–water partition coefficient (Wildman–Crippen LogP) is 0.722. The number of nitrogens with zero attached hydrogens (tertiary/aromatic N) is 5. The molecule has 6 heteroatoms. The van der Waals surface area contributed by atoms with E-state index in [1.165, 1.54) is 19.3 Å². The van der Waals surface area contributed by atoms with Crippen LogP contribution in [-0.2, 0) is 7.05 Å². The van der Waals surface area contributed by atoms with Crippen molar-refractivity contribution in [3.8, 4) is 0 Å². The molecule has 0 spiro atoms.